The van der Waals surface area contributed by atoms with Crippen molar-refractivity contribution >= 4 is 52.5 Å². The van der Waals surface area contributed by atoms with E-state index in [9.17, 15) is 18.0 Å². The van der Waals surface area contributed by atoms with Gasteiger partial charge in [-0.2, -0.15) is 13.2 Å². The fourth-order valence-corrected chi connectivity index (χ4v) is 5.92. The molecule has 2 aliphatic rings. The zero-order valence-electron chi connectivity index (χ0n) is 20.1. The van der Waals surface area contributed by atoms with E-state index in [0.29, 0.717) is 65.9 Å². The normalized spacial score (nSPS) is 17.4. The molecule has 1 saturated heterocycles. The molecule has 0 saturated carbocycles. The third-order valence-corrected chi connectivity index (χ3v) is 8.07. The van der Waals surface area contributed by atoms with Crippen LogP contribution in [-0.2, 0) is 11.6 Å². The molecule has 1 spiro atoms. The Bertz CT molecular complexity index is 1400. The molecular weight excluding hydrogens is 558 g/mol. The van der Waals surface area contributed by atoms with Crippen molar-refractivity contribution in [3.63, 3.8) is 0 Å². The van der Waals surface area contributed by atoms with Gasteiger partial charge in [-0.3, -0.25) is 9.69 Å². The SMILES string of the molecule is O=C(c1ccnc(Cl)c1)N1CC2(CCN(C/C=C/c3ccc(Cl)cc3Cl)CC2)c2cc(C(F)(F)F)ccc21. The molecule has 0 bridgehead atoms. The number of amides is 1. The number of carbonyl (C=O) groups is 1. The van der Waals surface area contributed by atoms with Gasteiger partial charge < -0.3 is 4.90 Å². The number of pyridine rings is 1. The lowest BCUT2D eigenvalue weighted by molar-refractivity contribution is -0.137. The average Bonchev–Trinajstić information content (AvgIpc) is 3.19. The lowest BCUT2D eigenvalue weighted by atomic mass is 9.74. The summed E-state index contributed by atoms with van der Waals surface area (Å²) in [5, 5.41) is 1.31. The van der Waals surface area contributed by atoms with Gasteiger partial charge in [0.25, 0.3) is 5.91 Å². The minimum atomic E-state index is -4.47. The number of alkyl halides is 3. The van der Waals surface area contributed by atoms with Crippen molar-refractivity contribution in [2.75, 3.05) is 31.1 Å². The van der Waals surface area contributed by atoms with E-state index in [4.69, 9.17) is 34.8 Å². The van der Waals surface area contributed by atoms with Crippen LogP contribution in [0.3, 0.4) is 0 Å². The van der Waals surface area contributed by atoms with E-state index < -0.39 is 17.2 Å². The number of nitrogens with zero attached hydrogens (tertiary/aromatic N) is 3. The van der Waals surface area contributed by atoms with Crippen LogP contribution >= 0.6 is 34.8 Å². The van der Waals surface area contributed by atoms with Crippen LogP contribution in [0, 0.1) is 0 Å². The van der Waals surface area contributed by atoms with Crippen LogP contribution in [-0.4, -0.2) is 42.0 Å². The Labute approximate surface area is 233 Å². The van der Waals surface area contributed by atoms with E-state index in [0.717, 1.165) is 11.6 Å². The van der Waals surface area contributed by atoms with Gasteiger partial charge in [-0.15, -0.1) is 0 Å². The van der Waals surface area contributed by atoms with E-state index >= 15 is 0 Å². The number of halogens is 6. The molecule has 5 rings (SSSR count). The molecule has 0 unspecified atom stereocenters. The standard InChI is InChI=1S/C28H23Cl3F3N3O/c29-21-5-3-18(23(30)16-21)2-1-11-36-12-8-27(9-13-36)17-37(26(38)19-7-10-35-25(31)14-19)24-6-4-20(15-22(24)27)28(32,33)34/h1-7,10,14-16H,8-9,11-13,17H2/b2-1+. The lowest BCUT2D eigenvalue weighted by Gasteiger charge is -2.39. The maximum absolute atomic E-state index is 13.6. The largest absolute Gasteiger partial charge is 0.416 e. The minimum Gasteiger partial charge on any atom is -0.307 e. The summed E-state index contributed by atoms with van der Waals surface area (Å²) in [6.07, 6.45) is 2.17. The molecule has 2 aliphatic heterocycles. The van der Waals surface area contributed by atoms with Crippen molar-refractivity contribution < 1.29 is 18.0 Å². The zero-order chi connectivity index (χ0) is 27.1. The van der Waals surface area contributed by atoms with Crippen LogP contribution in [0.15, 0.2) is 60.8 Å². The van der Waals surface area contributed by atoms with E-state index in [1.165, 1.54) is 24.4 Å². The van der Waals surface area contributed by atoms with E-state index in [-0.39, 0.29) is 11.1 Å². The first-order chi connectivity index (χ1) is 18.1. The molecule has 0 N–H and O–H groups in total. The number of aromatic nitrogens is 1. The van der Waals surface area contributed by atoms with Gasteiger partial charge in [0.05, 0.1) is 5.56 Å². The van der Waals surface area contributed by atoms with E-state index in [2.05, 4.69) is 9.88 Å². The number of fused-ring (bicyclic) bond motifs is 2. The van der Waals surface area contributed by atoms with Crippen LogP contribution in [0.4, 0.5) is 18.9 Å². The molecule has 10 heteroatoms. The van der Waals surface area contributed by atoms with Crippen LogP contribution < -0.4 is 4.90 Å². The molecule has 2 aromatic carbocycles. The molecular formula is C28H23Cl3F3N3O. The summed E-state index contributed by atoms with van der Waals surface area (Å²) in [5.41, 5.74) is 1.02. The maximum atomic E-state index is 13.6. The summed E-state index contributed by atoms with van der Waals surface area (Å²) in [7, 11) is 0. The predicted molar refractivity (Wildman–Crippen MR) is 145 cm³/mol. The second-order valence-corrected chi connectivity index (χ2v) is 10.9. The topological polar surface area (TPSA) is 36.4 Å². The van der Waals surface area contributed by atoms with Crippen molar-refractivity contribution in [1.29, 1.82) is 0 Å². The molecule has 1 fully saturated rings. The van der Waals surface area contributed by atoms with Crippen molar-refractivity contribution in [3.05, 3.63) is 98.3 Å². The second-order valence-electron chi connectivity index (χ2n) is 9.64. The van der Waals surface area contributed by atoms with Crippen LogP contribution in [0.1, 0.15) is 39.9 Å². The summed E-state index contributed by atoms with van der Waals surface area (Å²) in [5.74, 6) is -0.308. The monoisotopic (exact) mass is 579 g/mol. The first kappa shape index (κ1) is 27.0. The third kappa shape index (κ3) is 5.43. The molecule has 3 heterocycles. The van der Waals surface area contributed by atoms with Gasteiger partial charge in [-0.25, -0.2) is 4.98 Å². The number of hydrogen-bond donors (Lipinski definition) is 0. The maximum Gasteiger partial charge on any atom is 0.416 e. The highest BCUT2D eigenvalue weighted by Gasteiger charge is 2.47. The summed E-state index contributed by atoms with van der Waals surface area (Å²) >= 11 is 18.2. The summed E-state index contributed by atoms with van der Waals surface area (Å²) in [4.78, 5) is 21.2. The molecule has 0 atom stereocenters. The quantitative estimate of drug-likeness (QED) is 0.296. The van der Waals surface area contributed by atoms with Crippen LogP contribution in [0.5, 0.6) is 0 Å². The first-order valence-corrected chi connectivity index (χ1v) is 13.2. The number of likely N-dealkylation sites (tertiary alicyclic amines) is 1. The van der Waals surface area contributed by atoms with Gasteiger partial charge in [0.15, 0.2) is 0 Å². The Morgan fingerprint density at radius 3 is 2.47 bits per heavy atom. The van der Waals surface area contributed by atoms with Gasteiger partial charge in [0.2, 0.25) is 0 Å². The molecule has 0 radical (unpaired) electrons. The number of rotatable bonds is 4. The smallest absolute Gasteiger partial charge is 0.307 e. The molecule has 3 aromatic rings. The fraction of sp³-hybridized carbons (Fsp3) is 0.286. The molecule has 198 valence electrons. The molecule has 38 heavy (non-hydrogen) atoms. The van der Waals surface area contributed by atoms with Crippen LogP contribution in [0.25, 0.3) is 6.08 Å². The van der Waals surface area contributed by atoms with Gasteiger partial charge >= 0.3 is 6.18 Å². The Balaban J connectivity index is 1.37. The average molecular weight is 581 g/mol. The number of piperidine rings is 1. The Morgan fingerprint density at radius 2 is 1.79 bits per heavy atom. The highest BCUT2D eigenvalue weighted by Crippen LogP contribution is 2.49. The van der Waals surface area contributed by atoms with Crippen molar-refractivity contribution in [1.82, 2.24) is 9.88 Å². The summed E-state index contributed by atoms with van der Waals surface area (Å²) in [6, 6.07) is 12.0. The molecule has 0 aliphatic carbocycles. The highest BCUT2D eigenvalue weighted by atomic mass is 35.5. The van der Waals surface area contributed by atoms with Crippen LogP contribution in [0.2, 0.25) is 15.2 Å². The second kappa shape index (κ2) is 10.5. The predicted octanol–water partition coefficient (Wildman–Crippen LogP) is 7.77. The summed E-state index contributed by atoms with van der Waals surface area (Å²) < 4.78 is 40.9. The number of anilines is 1. The van der Waals surface area contributed by atoms with E-state index in [1.807, 2.05) is 18.2 Å². The van der Waals surface area contributed by atoms with Crippen molar-refractivity contribution in [2.45, 2.75) is 24.4 Å². The van der Waals surface area contributed by atoms with Gasteiger partial charge in [0.1, 0.15) is 5.15 Å². The zero-order valence-corrected chi connectivity index (χ0v) is 22.4. The number of carbonyl (C=O) groups excluding carboxylic acids is 1. The highest BCUT2D eigenvalue weighted by molar-refractivity contribution is 6.35. The van der Waals surface area contributed by atoms with Gasteiger partial charge in [-0.1, -0.05) is 53.0 Å². The van der Waals surface area contributed by atoms with Crippen molar-refractivity contribution in [2.24, 2.45) is 0 Å². The molecule has 1 amide bonds. The lowest BCUT2D eigenvalue weighted by Crippen LogP contribution is -2.46. The molecule has 4 nitrogen and oxygen atoms in total. The van der Waals surface area contributed by atoms with Gasteiger partial charge in [-0.05, 0) is 79.5 Å². The third-order valence-electron chi connectivity index (χ3n) is 7.30. The molecule has 1 aromatic heterocycles. The Morgan fingerprint density at radius 1 is 1.03 bits per heavy atom. The van der Waals surface area contributed by atoms with Crippen molar-refractivity contribution in [3.8, 4) is 0 Å². The summed E-state index contributed by atoms with van der Waals surface area (Å²) in [6.45, 7) is 2.34. The first-order valence-electron chi connectivity index (χ1n) is 12.0. The Kier molecular flexibility index (Phi) is 7.48. The fourth-order valence-electron chi connectivity index (χ4n) is 5.27. The Hall–Kier alpha value is -2.58. The number of hydrogen-bond acceptors (Lipinski definition) is 3. The minimum absolute atomic E-state index is 0.179. The number of benzene rings is 2. The van der Waals surface area contributed by atoms with Gasteiger partial charge in [0, 0.05) is 46.0 Å². The van der Waals surface area contributed by atoms with E-state index in [1.54, 1.807) is 23.1 Å².